The van der Waals surface area contributed by atoms with Crippen LogP contribution in [0.1, 0.15) is 5.56 Å². The monoisotopic (exact) mass is 262 g/mol. The second-order valence-electron chi connectivity index (χ2n) is 3.22. The average Bonchev–Trinajstić information content (AvgIpc) is 2.25. The van der Waals surface area contributed by atoms with Gasteiger partial charge in [0.15, 0.2) is 6.61 Å². The summed E-state index contributed by atoms with van der Waals surface area (Å²) in [5, 5.41) is 1.74. The summed E-state index contributed by atoms with van der Waals surface area (Å²) in [5.41, 5.74) is 3.86. The summed E-state index contributed by atoms with van der Waals surface area (Å²) in [4.78, 5) is 21.2. The van der Waals surface area contributed by atoms with Crippen molar-refractivity contribution in [2.24, 2.45) is 5.73 Å². The Hall–Kier alpha value is -2.25. The molecule has 18 heavy (non-hydrogen) atoms. The van der Waals surface area contributed by atoms with Crippen molar-refractivity contribution < 1.29 is 27.5 Å². The fraction of sp³-hybridized carbons (Fsp3) is 0.200. The van der Waals surface area contributed by atoms with Gasteiger partial charge in [-0.25, -0.2) is 4.79 Å². The van der Waals surface area contributed by atoms with Crippen molar-refractivity contribution >= 4 is 11.9 Å². The number of benzene rings is 1. The molecule has 1 aromatic rings. The van der Waals surface area contributed by atoms with Crippen LogP contribution in [0.2, 0.25) is 0 Å². The Morgan fingerprint density at radius 3 is 2.22 bits per heavy atom. The Balaban J connectivity index is 2.54. The van der Waals surface area contributed by atoms with Gasteiger partial charge in [0.25, 0.3) is 5.91 Å². The lowest BCUT2D eigenvalue weighted by Gasteiger charge is -2.08. The topological polar surface area (TPSA) is 81.4 Å². The van der Waals surface area contributed by atoms with Gasteiger partial charge in [0.05, 0.1) is 5.56 Å². The van der Waals surface area contributed by atoms with E-state index >= 15 is 0 Å². The van der Waals surface area contributed by atoms with Gasteiger partial charge in [-0.15, -0.1) is 0 Å². The fourth-order valence-electron chi connectivity index (χ4n) is 1.06. The molecule has 1 rings (SSSR count). The maximum atomic E-state index is 12.2. The molecule has 0 atom stereocenters. The fourth-order valence-corrected chi connectivity index (χ4v) is 1.06. The minimum atomic E-state index is -4.43. The van der Waals surface area contributed by atoms with Crippen LogP contribution >= 0.6 is 0 Å². The van der Waals surface area contributed by atoms with E-state index in [-0.39, 0.29) is 5.75 Å². The molecule has 0 radical (unpaired) electrons. The zero-order chi connectivity index (χ0) is 13.8. The van der Waals surface area contributed by atoms with E-state index in [2.05, 4.69) is 5.73 Å². The summed E-state index contributed by atoms with van der Waals surface area (Å²) < 4.78 is 41.5. The maximum Gasteiger partial charge on any atom is 0.416 e. The quantitative estimate of drug-likeness (QED) is 0.860. The third-order valence-corrected chi connectivity index (χ3v) is 1.81. The van der Waals surface area contributed by atoms with Crippen molar-refractivity contribution in [3.05, 3.63) is 29.8 Å². The molecule has 0 saturated heterocycles. The molecule has 98 valence electrons. The van der Waals surface area contributed by atoms with Crippen molar-refractivity contribution in [2.75, 3.05) is 6.61 Å². The summed E-state index contributed by atoms with van der Waals surface area (Å²) in [5.74, 6) is -0.718. The van der Waals surface area contributed by atoms with E-state index in [4.69, 9.17) is 4.74 Å². The Kier molecular flexibility index (Phi) is 4.13. The number of primary amides is 1. The summed E-state index contributed by atoms with van der Waals surface area (Å²) in [7, 11) is 0. The van der Waals surface area contributed by atoms with Crippen molar-refractivity contribution in [2.45, 2.75) is 6.18 Å². The summed E-state index contributed by atoms with van der Waals surface area (Å²) in [6.07, 6.45) is -4.43. The molecule has 0 aliphatic carbocycles. The van der Waals surface area contributed by atoms with Gasteiger partial charge < -0.3 is 10.5 Å². The zero-order valence-corrected chi connectivity index (χ0v) is 8.95. The number of urea groups is 1. The zero-order valence-electron chi connectivity index (χ0n) is 8.95. The molecule has 3 amide bonds. The van der Waals surface area contributed by atoms with Crippen LogP contribution < -0.4 is 15.8 Å². The Morgan fingerprint density at radius 1 is 1.22 bits per heavy atom. The number of hydrogen-bond donors (Lipinski definition) is 2. The minimum absolute atomic E-state index is 0.0719. The van der Waals surface area contributed by atoms with Crippen LogP contribution in [0, 0.1) is 0 Å². The van der Waals surface area contributed by atoms with Gasteiger partial charge in [0, 0.05) is 0 Å². The molecule has 1 aromatic carbocycles. The third kappa shape index (κ3) is 4.32. The molecule has 0 heterocycles. The highest BCUT2D eigenvalue weighted by atomic mass is 19.4. The first-order valence-corrected chi connectivity index (χ1v) is 4.68. The first-order valence-electron chi connectivity index (χ1n) is 4.68. The Labute approximate surface area is 99.7 Å². The predicted molar refractivity (Wildman–Crippen MR) is 54.7 cm³/mol. The molecule has 0 saturated carbocycles. The molecular weight excluding hydrogens is 253 g/mol. The number of alkyl halides is 3. The lowest BCUT2D eigenvalue weighted by atomic mass is 10.2. The molecule has 0 fully saturated rings. The molecule has 5 nitrogen and oxygen atoms in total. The smallest absolute Gasteiger partial charge is 0.416 e. The highest BCUT2D eigenvalue weighted by Gasteiger charge is 2.30. The highest BCUT2D eigenvalue weighted by molar-refractivity contribution is 5.94. The number of carbonyl (C=O) groups is 2. The van der Waals surface area contributed by atoms with Crippen LogP contribution in [0.5, 0.6) is 5.75 Å². The number of nitrogens with one attached hydrogen (secondary N) is 1. The number of carbonyl (C=O) groups excluding carboxylic acids is 2. The van der Waals surface area contributed by atoms with E-state index in [9.17, 15) is 22.8 Å². The van der Waals surface area contributed by atoms with Gasteiger partial charge >= 0.3 is 12.2 Å². The van der Waals surface area contributed by atoms with Crippen LogP contribution in [0.25, 0.3) is 0 Å². The molecular formula is C10H9F3N2O3. The lowest BCUT2D eigenvalue weighted by Crippen LogP contribution is -2.38. The summed E-state index contributed by atoms with van der Waals surface area (Å²) in [6.45, 7) is -0.520. The molecule has 3 N–H and O–H groups in total. The number of nitrogens with two attached hydrogens (primary N) is 1. The molecule has 0 aromatic heterocycles. The molecule has 0 spiro atoms. The summed E-state index contributed by atoms with van der Waals surface area (Å²) in [6, 6.07) is 2.75. The van der Waals surface area contributed by atoms with E-state index in [0.717, 1.165) is 24.3 Å². The van der Waals surface area contributed by atoms with Crippen LogP contribution in [-0.2, 0) is 11.0 Å². The maximum absolute atomic E-state index is 12.2. The van der Waals surface area contributed by atoms with E-state index in [0.29, 0.717) is 0 Å². The number of amides is 3. The van der Waals surface area contributed by atoms with Crippen LogP contribution in [0.4, 0.5) is 18.0 Å². The SMILES string of the molecule is NC(=O)NC(=O)COc1ccc(C(F)(F)F)cc1. The van der Waals surface area contributed by atoms with Gasteiger partial charge in [-0.05, 0) is 24.3 Å². The van der Waals surface area contributed by atoms with Crippen molar-refractivity contribution in [3.8, 4) is 5.75 Å². The van der Waals surface area contributed by atoms with Gasteiger partial charge in [-0.1, -0.05) is 0 Å². The van der Waals surface area contributed by atoms with E-state index < -0.39 is 30.3 Å². The molecule has 0 aliphatic heterocycles. The van der Waals surface area contributed by atoms with Gasteiger partial charge in [0.2, 0.25) is 0 Å². The van der Waals surface area contributed by atoms with E-state index in [1.807, 2.05) is 0 Å². The second kappa shape index (κ2) is 5.39. The Morgan fingerprint density at radius 2 is 1.78 bits per heavy atom. The van der Waals surface area contributed by atoms with Gasteiger partial charge in [-0.2, -0.15) is 13.2 Å². The molecule has 0 aliphatic rings. The summed E-state index contributed by atoms with van der Waals surface area (Å²) >= 11 is 0. The lowest BCUT2D eigenvalue weighted by molar-refractivity contribution is -0.137. The largest absolute Gasteiger partial charge is 0.484 e. The third-order valence-electron chi connectivity index (χ3n) is 1.81. The van der Waals surface area contributed by atoms with E-state index in [1.165, 1.54) is 0 Å². The first kappa shape index (κ1) is 13.8. The van der Waals surface area contributed by atoms with Gasteiger partial charge in [-0.3, -0.25) is 10.1 Å². The second-order valence-corrected chi connectivity index (χ2v) is 3.22. The van der Waals surface area contributed by atoms with Crippen molar-refractivity contribution in [1.29, 1.82) is 0 Å². The molecule has 0 unspecified atom stereocenters. The molecule has 0 bridgehead atoms. The van der Waals surface area contributed by atoms with Gasteiger partial charge in [0.1, 0.15) is 5.75 Å². The number of imide groups is 1. The minimum Gasteiger partial charge on any atom is -0.484 e. The number of hydrogen-bond acceptors (Lipinski definition) is 3. The number of ether oxygens (including phenoxy) is 1. The van der Waals surface area contributed by atoms with Crippen LogP contribution in [0.15, 0.2) is 24.3 Å². The highest BCUT2D eigenvalue weighted by Crippen LogP contribution is 2.30. The standard InChI is InChI=1S/C10H9F3N2O3/c11-10(12,13)6-1-3-7(4-2-6)18-5-8(16)15-9(14)17/h1-4H,5H2,(H3,14,15,16,17). The number of rotatable bonds is 3. The Bertz CT molecular complexity index is 443. The first-order chi connectivity index (χ1) is 8.29. The van der Waals surface area contributed by atoms with Crippen molar-refractivity contribution in [3.63, 3.8) is 0 Å². The normalized spacial score (nSPS) is 10.8. The van der Waals surface area contributed by atoms with Crippen molar-refractivity contribution in [1.82, 2.24) is 5.32 Å². The predicted octanol–water partition coefficient (Wildman–Crippen LogP) is 1.28. The van der Waals surface area contributed by atoms with E-state index in [1.54, 1.807) is 5.32 Å². The average molecular weight is 262 g/mol. The van der Waals surface area contributed by atoms with Crippen LogP contribution in [-0.4, -0.2) is 18.5 Å². The van der Waals surface area contributed by atoms with Crippen LogP contribution in [0.3, 0.4) is 0 Å². The molecule has 8 heteroatoms. The number of halogens is 3.